The second-order valence-corrected chi connectivity index (χ2v) is 5.80. The van der Waals surface area contributed by atoms with E-state index in [1.54, 1.807) is 12.1 Å². The molecule has 0 fully saturated rings. The summed E-state index contributed by atoms with van der Waals surface area (Å²) in [6.45, 7) is 0. The van der Waals surface area contributed by atoms with E-state index in [0.717, 1.165) is 12.0 Å². The second-order valence-electron chi connectivity index (χ2n) is 4.94. The van der Waals surface area contributed by atoms with Crippen LogP contribution in [-0.4, -0.2) is 17.0 Å². The number of aromatic carboxylic acids is 1. The van der Waals surface area contributed by atoms with Gasteiger partial charge in [0, 0.05) is 10.2 Å². The Kier molecular flexibility index (Phi) is 3.51. The second kappa shape index (κ2) is 5.33. The quantitative estimate of drug-likeness (QED) is 0.895. The Balaban J connectivity index is 1.78. The maximum Gasteiger partial charge on any atom is 0.336 e. The van der Waals surface area contributed by atoms with E-state index in [0.29, 0.717) is 10.2 Å². The standard InChI is InChI=1S/C16H12BrNO3/c17-14-6-5-10(8-13(14)16(20)21)18-15(19)12-7-9-3-1-2-4-11(9)12/h1-6,8,12H,7H2,(H,18,19)(H,20,21). The first-order chi connectivity index (χ1) is 10.1. The molecule has 0 heterocycles. The molecule has 21 heavy (non-hydrogen) atoms. The zero-order valence-corrected chi connectivity index (χ0v) is 12.6. The molecule has 1 unspecified atom stereocenters. The van der Waals surface area contributed by atoms with E-state index in [1.807, 2.05) is 24.3 Å². The first-order valence-corrected chi connectivity index (χ1v) is 7.27. The number of carboxylic acids is 1. The lowest BCUT2D eigenvalue weighted by molar-refractivity contribution is -0.118. The fraction of sp³-hybridized carbons (Fsp3) is 0.125. The van der Waals surface area contributed by atoms with Gasteiger partial charge in [0.1, 0.15) is 0 Å². The van der Waals surface area contributed by atoms with E-state index >= 15 is 0 Å². The number of halogens is 1. The lowest BCUT2D eigenvalue weighted by Crippen LogP contribution is -2.30. The molecule has 1 amide bonds. The van der Waals surface area contributed by atoms with Gasteiger partial charge in [-0.15, -0.1) is 0 Å². The molecule has 0 spiro atoms. The minimum Gasteiger partial charge on any atom is -0.478 e. The van der Waals surface area contributed by atoms with Crippen LogP contribution in [0.25, 0.3) is 0 Å². The first kappa shape index (κ1) is 13.8. The number of hydrogen-bond acceptors (Lipinski definition) is 2. The molecule has 0 saturated carbocycles. The molecule has 0 aromatic heterocycles. The van der Waals surface area contributed by atoms with E-state index in [1.165, 1.54) is 11.6 Å². The van der Waals surface area contributed by atoms with Crippen molar-refractivity contribution in [1.29, 1.82) is 0 Å². The Morgan fingerprint density at radius 3 is 2.67 bits per heavy atom. The number of nitrogens with one attached hydrogen (secondary N) is 1. The first-order valence-electron chi connectivity index (χ1n) is 6.48. The normalized spacial score (nSPS) is 15.8. The smallest absolute Gasteiger partial charge is 0.336 e. The highest BCUT2D eigenvalue weighted by atomic mass is 79.9. The molecule has 0 aliphatic heterocycles. The van der Waals surface area contributed by atoms with Crippen LogP contribution in [0, 0.1) is 0 Å². The molecule has 3 rings (SSSR count). The van der Waals surface area contributed by atoms with Gasteiger partial charge in [-0.2, -0.15) is 0 Å². The molecular formula is C16H12BrNO3. The van der Waals surface area contributed by atoms with Crippen molar-refractivity contribution < 1.29 is 14.7 Å². The van der Waals surface area contributed by atoms with Crippen molar-refractivity contribution in [3.63, 3.8) is 0 Å². The molecule has 1 atom stereocenters. The number of rotatable bonds is 3. The van der Waals surface area contributed by atoms with Crippen molar-refractivity contribution in [2.45, 2.75) is 12.3 Å². The van der Waals surface area contributed by atoms with E-state index < -0.39 is 5.97 Å². The number of carbonyl (C=O) groups excluding carboxylic acids is 1. The third-order valence-electron chi connectivity index (χ3n) is 3.64. The lowest BCUT2D eigenvalue weighted by atomic mass is 9.77. The predicted octanol–water partition coefficient (Wildman–Crippen LogP) is 3.43. The highest BCUT2D eigenvalue weighted by molar-refractivity contribution is 9.10. The Labute approximate surface area is 129 Å². The molecule has 2 aromatic carbocycles. The van der Waals surface area contributed by atoms with Crippen molar-refractivity contribution in [3.05, 3.63) is 63.6 Å². The Morgan fingerprint density at radius 2 is 1.95 bits per heavy atom. The topological polar surface area (TPSA) is 66.4 Å². The van der Waals surface area contributed by atoms with Gasteiger partial charge in [0.15, 0.2) is 0 Å². The van der Waals surface area contributed by atoms with Crippen molar-refractivity contribution in [1.82, 2.24) is 0 Å². The van der Waals surface area contributed by atoms with Gasteiger partial charge in [0.05, 0.1) is 11.5 Å². The minimum atomic E-state index is -1.04. The summed E-state index contributed by atoms with van der Waals surface area (Å²) >= 11 is 3.18. The molecule has 0 radical (unpaired) electrons. The molecular weight excluding hydrogens is 334 g/mol. The number of hydrogen-bond donors (Lipinski definition) is 2. The van der Waals surface area contributed by atoms with Crippen LogP contribution in [0.1, 0.15) is 27.4 Å². The molecule has 2 N–H and O–H groups in total. The molecule has 0 bridgehead atoms. The number of amides is 1. The van der Waals surface area contributed by atoms with Crippen molar-refractivity contribution in [2.75, 3.05) is 5.32 Å². The van der Waals surface area contributed by atoms with Crippen LogP contribution in [0.5, 0.6) is 0 Å². The molecule has 1 aliphatic rings. The fourth-order valence-corrected chi connectivity index (χ4v) is 2.91. The van der Waals surface area contributed by atoms with Crippen LogP contribution >= 0.6 is 15.9 Å². The van der Waals surface area contributed by atoms with Crippen LogP contribution in [0.15, 0.2) is 46.9 Å². The van der Waals surface area contributed by atoms with E-state index in [9.17, 15) is 9.59 Å². The molecule has 2 aromatic rings. The third kappa shape index (κ3) is 2.56. The number of fused-ring (bicyclic) bond motifs is 1. The Bertz CT molecular complexity index is 742. The number of carbonyl (C=O) groups is 2. The molecule has 4 nitrogen and oxygen atoms in total. The SMILES string of the molecule is O=C(O)c1cc(NC(=O)C2Cc3ccccc32)ccc1Br. The molecule has 5 heteroatoms. The van der Waals surface area contributed by atoms with Gasteiger partial charge in [0.2, 0.25) is 5.91 Å². The maximum absolute atomic E-state index is 12.3. The van der Waals surface area contributed by atoms with Gasteiger partial charge in [-0.05, 0) is 51.7 Å². The summed E-state index contributed by atoms with van der Waals surface area (Å²) in [6, 6.07) is 12.6. The number of anilines is 1. The minimum absolute atomic E-state index is 0.104. The van der Waals surface area contributed by atoms with Gasteiger partial charge in [-0.25, -0.2) is 4.79 Å². The highest BCUT2D eigenvalue weighted by Crippen LogP contribution is 2.35. The highest BCUT2D eigenvalue weighted by Gasteiger charge is 2.31. The Hall–Kier alpha value is -2.14. The van der Waals surface area contributed by atoms with Crippen molar-refractivity contribution >= 4 is 33.5 Å². The van der Waals surface area contributed by atoms with Gasteiger partial charge in [-0.3, -0.25) is 4.79 Å². The van der Waals surface area contributed by atoms with Crippen LogP contribution in [-0.2, 0) is 11.2 Å². The van der Waals surface area contributed by atoms with Crippen molar-refractivity contribution in [2.24, 2.45) is 0 Å². The average Bonchev–Trinajstić information content (AvgIpc) is 2.42. The van der Waals surface area contributed by atoms with Gasteiger partial charge in [0.25, 0.3) is 0 Å². The number of benzene rings is 2. The summed E-state index contributed by atoms with van der Waals surface area (Å²) < 4.78 is 0.488. The van der Waals surface area contributed by atoms with Crippen LogP contribution in [0.2, 0.25) is 0 Å². The zero-order valence-electron chi connectivity index (χ0n) is 11.0. The predicted molar refractivity (Wildman–Crippen MR) is 82.6 cm³/mol. The van der Waals surface area contributed by atoms with Crippen LogP contribution in [0.4, 0.5) is 5.69 Å². The summed E-state index contributed by atoms with van der Waals surface area (Å²) in [5.74, 6) is -1.29. The number of carboxylic acid groups (broad SMARTS) is 1. The fourth-order valence-electron chi connectivity index (χ4n) is 2.49. The monoisotopic (exact) mass is 345 g/mol. The summed E-state index contributed by atoms with van der Waals surface area (Å²) in [5, 5.41) is 11.9. The molecule has 0 saturated heterocycles. The Morgan fingerprint density at radius 1 is 1.19 bits per heavy atom. The summed E-state index contributed by atoms with van der Waals surface area (Å²) in [6.07, 6.45) is 0.727. The summed E-state index contributed by atoms with van der Waals surface area (Å²) in [4.78, 5) is 23.3. The van der Waals surface area contributed by atoms with E-state index in [-0.39, 0.29) is 17.4 Å². The van der Waals surface area contributed by atoms with Gasteiger partial charge < -0.3 is 10.4 Å². The maximum atomic E-state index is 12.3. The molecule has 1 aliphatic carbocycles. The largest absolute Gasteiger partial charge is 0.478 e. The van der Waals surface area contributed by atoms with Crippen LogP contribution in [0.3, 0.4) is 0 Å². The average molecular weight is 346 g/mol. The zero-order chi connectivity index (χ0) is 15.0. The van der Waals surface area contributed by atoms with Crippen molar-refractivity contribution in [3.8, 4) is 0 Å². The third-order valence-corrected chi connectivity index (χ3v) is 4.33. The van der Waals surface area contributed by atoms with Gasteiger partial charge >= 0.3 is 5.97 Å². The van der Waals surface area contributed by atoms with Gasteiger partial charge in [-0.1, -0.05) is 24.3 Å². The van der Waals surface area contributed by atoms with Crippen LogP contribution < -0.4 is 5.32 Å². The van der Waals surface area contributed by atoms with E-state index in [2.05, 4.69) is 21.2 Å². The summed E-state index contributed by atoms with van der Waals surface area (Å²) in [5.41, 5.74) is 2.86. The lowest BCUT2D eigenvalue weighted by Gasteiger charge is -2.28. The summed E-state index contributed by atoms with van der Waals surface area (Å²) in [7, 11) is 0. The van der Waals surface area contributed by atoms with E-state index in [4.69, 9.17) is 5.11 Å². The molecule has 106 valence electrons.